The average Bonchev–Trinajstić information content (AvgIpc) is 3.19. The highest BCUT2D eigenvalue weighted by Gasteiger charge is 2.40. The number of anilines is 1. The fraction of sp³-hybridized carbons (Fsp3) is 0.640. The van der Waals surface area contributed by atoms with Crippen LogP contribution in [0.3, 0.4) is 0 Å². The summed E-state index contributed by atoms with van der Waals surface area (Å²) < 4.78 is 11.4. The Hall–Kier alpha value is -2.61. The van der Waals surface area contributed by atoms with E-state index in [0.29, 0.717) is 57.9 Å². The molecule has 3 aliphatic rings. The van der Waals surface area contributed by atoms with Crippen LogP contribution in [0.4, 0.5) is 5.69 Å². The van der Waals surface area contributed by atoms with E-state index >= 15 is 0 Å². The van der Waals surface area contributed by atoms with Crippen LogP contribution in [0.25, 0.3) is 0 Å². The van der Waals surface area contributed by atoms with Crippen molar-refractivity contribution in [3.05, 3.63) is 24.3 Å². The van der Waals surface area contributed by atoms with Gasteiger partial charge in [-0.05, 0) is 45.7 Å². The van der Waals surface area contributed by atoms with Crippen molar-refractivity contribution in [3.8, 4) is 5.75 Å². The third-order valence-electron chi connectivity index (χ3n) is 6.82. The van der Waals surface area contributed by atoms with Crippen molar-refractivity contribution in [1.29, 1.82) is 0 Å². The Bertz CT molecular complexity index is 873. The number of likely N-dealkylation sites (tertiary alicyclic amines) is 1. The van der Waals surface area contributed by atoms with Crippen molar-refractivity contribution in [2.45, 2.75) is 52.2 Å². The van der Waals surface area contributed by atoms with Gasteiger partial charge in [0, 0.05) is 45.1 Å². The van der Waals surface area contributed by atoms with E-state index in [1.54, 1.807) is 4.90 Å². The normalized spacial score (nSPS) is 26.6. The molecule has 0 radical (unpaired) electrons. The van der Waals surface area contributed by atoms with E-state index in [0.717, 1.165) is 5.69 Å². The summed E-state index contributed by atoms with van der Waals surface area (Å²) in [5, 5.41) is 0. The monoisotopic (exact) mass is 457 g/mol. The van der Waals surface area contributed by atoms with Gasteiger partial charge in [-0.3, -0.25) is 14.4 Å². The maximum atomic E-state index is 13.2. The summed E-state index contributed by atoms with van der Waals surface area (Å²) in [4.78, 5) is 44.4. The molecule has 3 aliphatic heterocycles. The fourth-order valence-corrected chi connectivity index (χ4v) is 5.28. The van der Waals surface area contributed by atoms with Crippen LogP contribution in [-0.2, 0) is 19.1 Å². The van der Waals surface area contributed by atoms with Crippen LogP contribution >= 0.6 is 0 Å². The summed E-state index contributed by atoms with van der Waals surface area (Å²) in [6.07, 6.45) is 1.65. The highest BCUT2D eigenvalue weighted by molar-refractivity contribution is 6.01. The van der Waals surface area contributed by atoms with E-state index in [-0.39, 0.29) is 48.2 Å². The van der Waals surface area contributed by atoms with Crippen molar-refractivity contribution in [2.24, 2.45) is 11.8 Å². The molecule has 3 amide bonds. The van der Waals surface area contributed by atoms with Crippen molar-refractivity contribution < 1.29 is 23.9 Å². The number of rotatable bonds is 5. The summed E-state index contributed by atoms with van der Waals surface area (Å²) in [7, 11) is 0. The fourth-order valence-electron chi connectivity index (χ4n) is 5.28. The predicted octanol–water partition coefficient (Wildman–Crippen LogP) is 2.31. The molecule has 1 aromatic rings. The topological polar surface area (TPSA) is 79.4 Å². The zero-order chi connectivity index (χ0) is 23.5. The molecule has 3 fully saturated rings. The van der Waals surface area contributed by atoms with Gasteiger partial charge in [0.1, 0.15) is 5.75 Å². The molecule has 0 N–H and O–H groups in total. The molecule has 0 bridgehead atoms. The van der Waals surface area contributed by atoms with E-state index in [9.17, 15) is 14.4 Å². The van der Waals surface area contributed by atoms with Crippen LogP contribution in [0.15, 0.2) is 24.3 Å². The van der Waals surface area contributed by atoms with Gasteiger partial charge in [0.15, 0.2) is 0 Å². The van der Waals surface area contributed by atoms with Crippen LogP contribution < -0.4 is 9.64 Å². The van der Waals surface area contributed by atoms with Gasteiger partial charge in [-0.15, -0.1) is 0 Å². The molecule has 3 heterocycles. The third-order valence-corrected chi connectivity index (χ3v) is 6.82. The molecule has 0 aliphatic carbocycles. The maximum absolute atomic E-state index is 13.2. The Balaban J connectivity index is 1.33. The number of amides is 3. The number of carbonyl (C=O) groups is 3. The van der Waals surface area contributed by atoms with Crippen LogP contribution in [0.1, 0.15) is 40.0 Å². The number of hydrogen-bond acceptors (Lipinski definition) is 5. The number of piperidine rings is 1. The summed E-state index contributed by atoms with van der Waals surface area (Å²) in [6.45, 7) is 9.16. The summed E-state index contributed by atoms with van der Waals surface area (Å²) in [6, 6.07) is 7.46. The molecule has 8 nitrogen and oxygen atoms in total. The standard InChI is InChI=1S/C25H35N3O5/c1-4-32-22-8-6-5-7-21(22)28-16-20(13-23(28)29)25(31)26-11-9-19(10-12-26)24(30)27-14-17(2)33-18(3)15-27/h5-8,17-20H,4,9-16H2,1-3H3. The first-order valence-electron chi connectivity index (χ1n) is 12.1. The van der Waals surface area contributed by atoms with Gasteiger partial charge in [0.25, 0.3) is 0 Å². The minimum Gasteiger partial charge on any atom is -0.492 e. The molecule has 33 heavy (non-hydrogen) atoms. The molecule has 0 spiro atoms. The molecule has 180 valence electrons. The van der Waals surface area contributed by atoms with Crippen molar-refractivity contribution in [2.75, 3.05) is 44.2 Å². The number of carbonyl (C=O) groups excluding carboxylic acids is 3. The second-order valence-corrected chi connectivity index (χ2v) is 9.41. The van der Waals surface area contributed by atoms with E-state index in [1.807, 2.05) is 54.8 Å². The second-order valence-electron chi connectivity index (χ2n) is 9.41. The van der Waals surface area contributed by atoms with Crippen LogP contribution in [0.5, 0.6) is 5.75 Å². The zero-order valence-electron chi connectivity index (χ0n) is 19.9. The second kappa shape index (κ2) is 10.1. The Morgan fingerprint density at radius 1 is 0.970 bits per heavy atom. The number of nitrogens with zero attached hydrogens (tertiary/aromatic N) is 3. The quantitative estimate of drug-likeness (QED) is 0.678. The third kappa shape index (κ3) is 5.16. The lowest BCUT2D eigenvalue weighted by molar-refractivity contribution is -0.150. The highest BCUT2D eigenvalue weighted by atomic mass is 16.5. The van der Waals surface area contributed by atoms with E-state index < -0.39 is 0 Å². The highest BCUT2D eigenvalue weighted by Crippen LogP contribution is 2.34. The van der Waals surface area contributed by atoms with Gasteiger partial charge in [0.2, 0.25) is 17.7 Å². The predicted molar refractivity (Wildman–Crippen MR) is 124 cm³/mol. The molecule has 8 heteroatoms. The SMILES string of the molecule is CCOc1ccccc1N1CC(C(=O)N2CCC(C(=O)N3CC(C)OC(C)C3)CC2)CC1=O. The van der Waals surface area contributed by atoms with E-state index in [2.05, 4.69) is 0 Å². The Morgan fingerprint density at radius 3 is 2.27 bits per heavy atom. The van der Waals surface area contributed by atoms with Crippen molar-refractivity contribution in [3.63, 3.8) is 0 Å². The molecular weight excluding hydrogens is 422 g/mol. The smallest absolute Gasteiger partial charge is 0.228 e. The molecular formula is C25H35N3O5. The Morgan fingerprint density at radius 2 is 1.61 bits per heavy atom. The van der Waals surface area contributed by atoms with E-state index in [1.165, 1.54) is 0 Å². The van der Waals surface area contributed by atoms with Crippen LogP contribution in [0.2, 0.25) is 0 Å². The van der Waals surface area contributed by atoms with Gasteiger partial charge >= 0.3 is 0 Å². The molecule has 3 unspecified atom stereocenters. The van der Waals surface area contributed by atoms with Gasteiger partial charge in [-0.1, -0.05) is 12.1 Å². The van der Waals surface area contributed by atoms with E-state index in [4.69, 9.17) is 9.47 Å². The number of morpholine rings is 1. The van der Waals surface area contributed by atoms with Gasteiger partial charge in [-0.25, -0.2) is 0 Å². The molecule has 0 saturated carbocycles. The van der Waals surface area contributed by atoms with Gasteiger partial charge in [-0.2, -0.15) is 0 Å². The van der Waals surface area contributed by atoms with Crippen LogP contribution in [0, 0.1) is 11.8 Å². The lowest BCUT2D eigenvalue weighted by atomic mass is 9.93. The minimum absolute atomic E-state index is 0.0132. The minimum atomic E-state index is -0.361. The summed E-state index contributed by atoms with van der Waals surface area (Å²) >= 11 is 0. The molecule has 3 saturated heterocycles. The maximum Gasteiger partial charge on any atom is 0.228 e. The first-order chi connectivity index (χ1) is 15.9. The van der Waals surface area contributed by atoms with Crippen LogP contribution in [-0.4, -0.2) is 79.1 Å². The first-order valence-corrected chi connectivity index (χ1v) is 12.1. The number of ether oxygens (including phenoxy) is 2. The largest absolute Gasteiger partial charge is 0.492 e. The van der Waals surface area contributed by atoms with Crippen molar-refractivity contribution >= 4 is 23.4 Å². The number of hydrogen-bond donors (Lipinski definition) is 0. The summed E-state index contributed by atoms with van der Waals surface area (Å²) in [5.74, 6) is 0.387. The lowest BCUT2D eigenvalue weighted by Crippen LogP contribution is -2.52. The number of para-hydroxylation sites is 2. The van der Waals surface area contributed by atoms with Gasteiger partial charge < -0.3 is 24.2 Å². The zero-order valence-corrected chi connectivity index (χ0v) is 19.9. The molecule has 3 atom stereocenters. The number of benzene rings is 1. The lowest BCUT2D eigenvalue weighted by Gasteiger charge is -2.39. The van der Waals surface area contributed by atoms with Gasteiger partial charge in [0.05, 0.1) is 30.4 Å². The molecule has 4 rings (SSSR count). The Labute approximate surface area is 195 Å². The molecule has 1 aromatic carbocycles. The average molecular weight is 458 g/mol. The summed E-state index contributed by atoms with van der Waals surface area (Å²) in [5.41, 5.74) is 0.720. The van der Waals surface area contributed by atoms with Crippen molar-refractivity contribution in [1.82, 2.24) is 9.80 Å². The first kappa shape index (κ1) is 23.5. The Kier molecular flexibility index (Phi) is 7.22. The molecule has 0 aromatic heterocycles.